The highest BCUT2D eigenvalue weighted by Gasteiger charge is 2.10. The van der Waals surface area contributed by atoms with Crippen LogP contribution in [0.3, 0.4) is 0 Å². The van der Waals surface area contributed by atoms with Crippen molar-refractivity contribution in [2.75, 3.05) is 13.6 Å². The number of fused-ring (bicyclic) bond motifs is 1. The van der Waals surface area contributed by atoms with Crippen LogP contribution in [-0.2, 0) is 0 Å². The van der Waals surface area contributed by atoms with E-state index in [-0.39, 0.29) is 0 Å². The summed E-state index contributed by atoms with van der Waals surface area (Å²) in [7, 11) is 1.98. The van der Waals surface area contributed by atoms with E-state index >= 15 is 0 Å². The fraction of sp³-hybridized carbons (Fsp3) is 0.200. The third-order valence-corrected chi connectivity index (χ3v) is 4.50. The lowest BCUT2D eigenvalue weighted by molar-refractivity contribution is 0.459. The van der Waals surface area contributed by atoms with Gasteiger partial charge in [-0.1, -0.05) is 30.3 Å². The maximum Gasteiger partial charge on any atom is 0.233 e. The number of aliphatic imine (C=N–C) groups is 1. The van der Waals surface area contributed by atoms with Crippen LogP contribution in [0.2, 0.25) is 0 Å². The van der Waals surface area contributed by atoms with Gasteiger partial charge in [0.15, 0.2) is 0 Å². The van der Waals surface area contributed by atoms with Crippen molar-refractivity contribution < 1.29 is 4.74 Å². The van der Waals surface area contributed by atoms with Gasteiger partial charge in [-0.15, -0.1) is 0 Å². The average Bonchev–Trinajstić information content (AvgIpc) is 2.63. The lowest BCUT2D eigenvalue weighted by Gasteiger charge is -2.11. The predicted octanol–water partition coefficient (Wildman–Crippen LogP) is 5.71. The second-order valence-electron chi connectivity index (χ2n) is 5.81. The summed E-state index contributed by atoms with van der Waals surface area (Å²) in [5.74, 6) is 1.30. The summed E-state index contributed by atoms with van der Waals surface area (Å²) in [5, 5.41) is 2.32. The number of hydrogen-bond acceptors (Lipinski definition) is 3. The molecule has 1 heterocycles. The average molecular weight is 398 g/mol. The zero-order chi connectivity index (χ0) is 17.8. The molecule has 3 rings (SSSR count). The number of aromatic nitrogens is 1. The van der Waals surface area contributed by atoms with E-state index in [1.165, 1.54) is 5.39 Å². The van der Waals surface area contributed by atoms with Gasteiger partial charge in [0.2, 0.25) is 5.88 Å². The highest BCUT2D eigenvalue weighted by atomic mass is 79.9. The Bertz CT molecular complexity index is 924. The molecule has 2 aromatic carbocycles. The predicted molar refractivity (Wildman–Crippen MR) is 107 cm³/mol. The molecule has 0 saturated carbocycles. The molecule has 0 saturated heterocycles. The molecule has 0 atom stereocenters. The van der Waals surface area contributed by atoms with Gasteiger partial charge in [-0.2, -0.15) is 0 Å². The van der Waals surface area contributed by atoms with Crippen LogP contribution in [0, 0.1) is 6.92 Å². The lowest BCUT2D eigenvalue weighted by Crippen LogP contribution is -2.14. The van der Waals surface area contributed by atoms with E-state index < -0.39 is 0 Å². The van der Waals surface area contributed by atoms with Gasteiger partial charge in [-0.25, -0.2) is 9.98 Å². The second kappa shape index (κ2) is 7.66. The Labute approximate surface area is 156 Å². The molecule has 128 valence electrons. The monoisotopic (exact) mass is 397 g/mol. The molecule has 25 heavy (non-hydrogen) atoms. The van der Waals surface area contributed by atoms with Gasteiger partial charge >= 0.3 is 0 Å². The zero-order valence-electron chi connectivity index (χ0n) is 14.5. The smallest absolute Gasteiger partial charge is 0.233 e. The minimum atomic E-state index is 0.538. The van der Waals surface area contributed by atoms with E-state index in [0.29, 0.717) is 5.88 Å². The quantitative estimate of drug-likeness (QED) is 0.408. The molecule has 0 radical (unpaired) electrons. The number of rotatable bonds is 5. The van der Waals surface area contributed by atoms with E-state index in [4.69, 9.17) is 4.74 Å². The number of hydrogen-bond donors (Lipinski definition) is 0. The third kappa shape index (κ3) is 4.17. The van der Waals surface area contributed by atoms with Crippen molar-refractivity contribution in [3.63, 3.8) is 0 Å². The van der Waals surface area contributed by atoms with Crippen molar-refractivity contribution in [2.45, 2.75) is 13.8 Å². The molecule has 0 amide bonds. The number of halogens is 1. The maximum atomic E-state index is 5.98. The van der Waals surface area contributed by atoms with Gasteiger partial charge in [0.25, 0.3) is 0 Å². The van der Waals surface area contributed by atoms with Crippen LogP contribution in [0.4, 0.5) is 5.69 Å². The molecule has 0 spiro atoms. The molecule has 0 N–H and O–H groups in total. The first kappa shape index (κ1) is 17.4. The van der Waals surface area contributed by atoms with Gasteiger partial charge in [-0.3, -0.25) is 0 Å². The van der Waals surface area contributed by atoms with Crippen molar-refractivity contribution in [1.82, 2.24) is 9.88 Å². The van der Waals surface area contributed by atoms with E-state index in [1.54, 1.807) is 6.34 Å². The zero-order valence-corrected chi connectivity index (χ0v) is 16.1. The molecular formula is C20H20BrN3O. The van der Waals surface area contributed by atoms with Crippen LogP contribution in [0.5, 0.6) is 11.6 Å². The molecule has 0 fully saturated rings. The van der Waals surface area contributed by atoms with Crippen molar-refractivity contribution in [3.8, 4) is 11.6 Å². The number of ether oxygens (including phenoxy) is 1. The Morgan fingerprint density at radius 2 is 1.92 bits per heavy atom. The Balaban J connectivity index is 1.87. The highest BCUT2D eigenvalue weighted by Crippen LogP contribution is 2.33. The van der Waals surface area contributed by atoms with E-state index in [1.807, 2.05) is 55.3 Å². The summed E-state index contributed by atoms with van der Waals surface area (Å²) in [4.78, 5) is 11.0. The minimum absolute atomic E-state index is 0.538. The summed E-state index contributed by atoms with van der Waals surface area (Å²) in [6.45, 7) is 4.91. The van der Waals surface area contributed by atoms with Crippen LogP contribution in [0.25, 0.3) is 10.8 Å². The largest absolute Gasteiger partial charge is 0.438 e. The SMILES string of the molecule is CCN(C)/C=N/c1cc(Br)c(Oc2ccc3ccccc3c2)nc1C. The second-order valence-corrected chi connectivity index (χ2v) is 6.66. The topological polar surface area (TPSA) is 37.7 Å². The van der Waals surface area contributed by atoms with Crippen LogP contribution < -0.4 is 4.74 Å². The summed E-state index contributed by atoms with van der Waals surface area (Å²) in [6.07, 6.45) is 1.81. The molecule has 5 heteroatoms. The molecule has 0 aliphatic heterocycles. The molecule has 4 nitrogen and oxygen atoms in total. The van der Waals surface area contributed by atoms with Crippen molar-refractivity contribution in [3.05, 3.63) is 58.7 Å². The van der Waals surface area contributed by atoms with Gasteiger partial charge in [0, 0.05) is 13.6 Å². The summed E-state index contributed by atoms with van der Waals surface area (Å²) < 4.78 is 6.76. The molecule has 0 aliphatic rings. The molecule has 3 aromatic rings. The Morgan fingerprint density at radius 1 is 1.16 bits per heavy atom. The third-order valence-electron chi connectivity index (χ3n) is 3.94. The number of benzene rings is 2. The fourth-order valence-corrected chi connectivity index (χ4v) is 2.72. The normalized spacial score (nSPS) is 11.2. The minimum Gasteiger partial charge on any atom is -0.438 e. The van der Waals surface area contributed by atoms with E-state index in [2.05, 4.69) is 45.0 Å². The van der Waals surface area contributed by atoms with Crippen LogP contribution in [0.1, 0.15) is 12.6 Å². The van der Waals surface area contributed by atoms with Gasteiger partial charge < -0.3 is 9.64 Å². The first-order valence-electron chi connectivity index (χ1n) is 8.15. The van der Waals surface area contributed by atoms with Crippen molar-refractivity contribution >= 4 is 38.7 Å². The number of aryl methyl sites for hydroxylation is 1. The highest BCUT2D eigenvalue weighted by molar-refractivity contribution is 9.10. The number of pyridine rings is 1. The maximum absolute atomic E-state index is 5.98. The standard InChI is InChI=1S/C20H20BrN3O/c1-4-24(3)13-22-19-12-18(21)20(23-14(19)2)25-17-10-9-15-7-5-6-8-16(15)11-17/h5-13H,4H2,1-3H3/b22-13+. The van der Waals surface area contributed by atoms with Crippen LogP contribution in [0.15, 0.2) is 58.0 Å². The lowest BCUT2D eigenvalue weighted by atomic mass is 10.1. The molecule has 0 bridgehead atoms. The van der Waals surface area contributed by atoms with E-state index in [9.17, 15) is 0 Å². The van der Waals surface area contributed by atoms with Crippen molar-refractivity contribution in [2.24, 2.45) is 4.99 Å². The van der Waals surface area contributed by atoms with Gasteiger partial charge in [0.1, 0.15) is 5.75 Å². The Morgan fingerprint density at radius 3 is 2.68 bits per heavy atom. The van der Waals surface area contributed by atoms with Gasteiger partial charge in [-0.05, 0) is 58.7 Å². The molecule has 0 aliphatic carbocycles. The first-order chi connectivity index (χ1) is 12.1. The first-order valence-corrected chi connectivity index (χ1v) is 8.94. The Hall–Kier alpha value is -2.40. The molecule has 0 unspecified atom stereocenters. The van der Waals surface area contributed by atoms with Gasteiger partial charge in [0.05, 0.1) is 22.2 Å². The molecular weight excluding hydrogens is 378 g/mol. The summed E-state index contributed by atoms with van der Waals surface area (Å²) in [6, 6.07) is 16.1. The van der Waals surface area contributed by atoms with Crippen LogP contribution in [-0.4, -0.2) is 29.8 Å². The van der Waals surface area contributed by atoms with E-state index in [0.717, 1.165) is 33.5 Å². The fourth-order valence-electron chi connectivity index (χ4n) is 2.34. The Kier molecular flexibility index (Phi) is 5.34. The van der Waals surface area contributed by atoms with Crippen molar-refractivity contribution in [1.29, 1.82) is 0 Å². The number of nitrogens with zero attached hydrogens (tertiary/aromatic N) is 3. The summed E-state index contributed by atoms with van der Waals surface area (Å²) in [5.41, 5.74) is 1.64. The summed E-state index contributed by atoms with van der Waals surface area (Å²) >= 11 is 3.54. The van der Waals surface area contributed by atoms with Crippen LogP contribution >= 0.6 is 15.9 Å². The molecule has 1 aromatic heterocycles.